The Morgan fingerprint density at radius 2 is 1.87 bits per heavy atom. The van der Waals surface area contributed by atoms with E-state index in [0.717, 1.165) is 0 Å². The van der Waals surface area contributed by atoms with Gasteiger partial charge in [-0.1, -0.05) is 12.1 Å². The van der Waals surface area contributed by atoms with Gasteiger partial charge in [0.25, 0.3) is 5.91 Å². The number of methoxy groups -OCH3 is 2. The predicted octanol–water partition coefficient (Wildman–Crippen LogP) is 1.74. The first-order chi connectivity index (χ1) is 11.0. The summed E-state index contributed by atoms with van der Waals surface area (Å²) in [7, 11) is 3.03. The lowest BCUT2D eigenvalue weighted by molar-refractivity contribution is -0.112. The van der Waals surface area contributed by atoms with Crippen molar-refractivity contribution in [2.24, 2.45) is 16.8 Å². The Morgan fingerprint density at radius 3 is 2.39 bits per heavy atom. The molecule has 2 heterocycles. The maximum absolute atomic E-state index is 11.4. The van der Waals surface area contributed by atoms with E-state index >= 15 is 0 Å². The van der Waals surface area contributed by atoms with Crippen LogP contribution < -0.4 is 24.7 Å². The summed E-state index contributed by atoms with van der Waals surface area (Å²) in [4.78, 5) is 16.9. The van der Waals surface area contributed by atoms with Crippen LogP contribution >= 0.6 is 15.9 Å². The number of hydrogen-bond donors (Lipinski definition) is 1. The summed E-state index contributed by atoms with van der Waals surface area (Å²) in [5.74, 6) is 0.776. The lowest BCUT2D eigenvalue weighted by Gasteiger charge is -2.21. The number of primary amides is 1. The second-order valence-corrected chi connectivity index (χ2v) is 5.81. The maximum atomic E-state index is 11.4. The van der Waals surface area contributed by atoms with Crippen LogP contribution in [-0.4, -0.2) is 32.6 Å². The number of fused-ring (bicyclic) bond motifs is 1. The highest BCUT2D eigenvalue weighted by molar-refractivity contribution is 9.10. The van der Waals surface area contributed by atoms with Gasteiger partial charge in [0.2, 0.25) is 18.3 Å². The number of nitrogens with zero attached hydrogens (tertiary/aromatic N) is 1. The molecule has 3 rings (SSSR count). The molecule has 0 saturated carbocycles. The van der Waals surface area contributed by atoms with E-state index in [9.17, 15) is 4.79 Å². The van der Waals surface area contributed by atoms with E-state index in [-0.39, 0.29) is 18.4 Å². The molecule has 2 atom stereocenters. The van der Waals surface area contributed by atoms with Crippen LogP contribution in [0.25, 0.3) is 0 Å². The summed E-state index contributed by atoms with van der Waals surface area (Å²) in [6.45, 7) is 1.85. The van der Waals surface area contributed by atoms with E-state index in [1.54, 1.807) is 6.92 Å². The minimum absolute atomic E-state index is 0.0576. The van der Waals surface area contributed by atoms with Crippen LogP contribution in [0, 0.1) is 5.92 Å². The SMILES string of the molecule is COc1c(Br)c([C@H]2ON=C(C(N)=O)[C@H]2C)c(OC)c2c1OCO2. The van der Waals surface area contributed by atoms with Crippen molar-refractivity contribution in [2.45, 2.75) is 13.0 Å². The van der Waals surface area contributed by atoms with Gasteiger partial charge in [0, 0.05) is 0 Å². The summed E-state index contributed by atoms with van der Waals surface area (Å²) < 4.78 is 22.4. The molecule has 0 unspecified atom stereocenters. The van der Waals surface area contributed by atoms with Crippen LogP contribution in [0.2, 0.25) is 0 Å². The number of halogens is 1. The fourth-order valence-corrected chi connectivity index (χ4v) is 3.45. The van der Waals surface area contributed by atoms with E-state index in [1.807, 2.05) is 0 Å². The molecule has 0 radical (unpaired) electrons. The Hall–Kier alpha value is -2.16. The molecular formula is C14H15BrN2O6. The number of rotatable bonds is 4. The van der Waals surface area contributed by atoms with Crippen molar-refractivity contribution in [1.82, 2.24) is 0 Å². The number of hydrogen-bond acceptors (Lipinski definition) is 7. The molecule has 0 bridgehead atoms. The third-order valence-electron chi connectivity index (χ3n) is 3.80. The molecule has 0 spiro atoms. The molecule has 0 aromatic heterocycles. The molecule has 2 aliphatic heterocycles. The zero-order chi connectivity index (χ0) is 16.7. The van der Waals surface area contributed by atoms with Gasteiger partial charge >= 0.3 is 0 Å². The number of benzene rings is 1. The van der Waals surface area contributed by atoms with Crippen molar-refractivity contribution < 1.29 is 28.6 Å². The average Bonchev–Trinajstić information content (AvgIpc) is 3.13. The van der Waals surface area contributed by atoms with Crippen molar-refractivity contribution in [2.75, 3.05) is 21.0 Å². The number of carbonyl (C=O) groups excluding carboxylic acids is 1. The summed E-state index contributed by atoms with van der Waals surface area (Å²) >= 11 is 3.49. The Balaban J connectivity index is 2.15. The van der Waals surface area contributed by atoms with Crippen molar-refractivity contribution >= 4 is 27.5 Å². The van der Waals surface area contributed by atoms with E-state index < -0.39 is 12.0 Å². The van der Waals surface area contributed by atoms with Crippen LogP contribution in [0.1, 0.15) is 18.6 Å². The average molecular weight is 387 g/mol. The number of ether oxygens (including phenoxy) is 4. The standard InChI is InChI=1S/C14H15BrN2O6/c1-5-8(14(16)18)17-23-9(5)6-7(15)11(20-3)13-12(10(6)19-2)21-4-22-13/h5,9H,4H2,1-3H3,(H2,16,18)/t5-,9+/m1/s1. The summed E-state index contributed by atoms with van der Waals surface area (Å²) in [6.07, 6.45) is -0.578. The normalized spacial score (nSPS) is 21.7. The summed E-state index contributed by atoms with van der Waals surface area (Å²) in [5.41, 5.74) is 6.10. The summed E-state index contributed by atoms with van der Waals surface area (Å²) in [5, 5.41) is 3.79. The Morgan fingerprint density at radius 1 is 1.26 bits per heavy atom. The first-order valence-corrected chi connectivity index (χ1v) is 7.57. The van der Waals surface area contributed by atoms with Crippen LogP contribution in [0.5, 0.6) is 23.0 Å². The largest absolute Gasteiger partial charge is 0.492 e. The molecule has 2 N–H and O–H groups in total. The summed E-state index contributed by atoms with van der Waals surface area (Å²) in [6, 6.07) is 0. The van der Waals surface area contributed by atoms with Gasteiger partial charge < -0.3 is 29.5 Å². The third-order valence-corrected chi connectivity index (χ3v) is 4.59. The molecule has 0 aliphatic carbocycles. The number of nitrogens with two attached hydrogens (primary N) is 1. The van der Waals surface area contributed by atoms with Crippen molar-refractivity contribution in [3.63, 3.8) is 0 Å². The fourth-order valence-electron chi connectivity index (χ4n) is 2.70. The van der Waals surface area contributed by atoms with Gasteiger partial charge in [-0.15, -0.1) is 0 Å². The van der Waals surface area contributed by atoms with Gasteiger partial charge in [0.05, 0.1) is 30.2 Å². The molecule has 1 amide bonds. The molecule has 124 valence electrons. The van der Waals surface area contributed by atoms with Crippen LogP contribution in [0.3, 0.4) is 0 Å². The van der Waals surface area contributed by atoms with Gasteiger partial charge in [0.1, 0.15) is 0 Å². The highest BCUT2D eigenvalue weighted by Crippen LogP contribution is 2.57. The van der Waals surface area contributed by atoms with Gasteiger partial charge in [-0.3, -0.25) is 4.79 Å². The van der Waals surface area contributed by atoms with E-state index in [0.29, 0.717) is 33.0 Å². The lowest BCUT2D eigenvalue weighted by atomic mass is 9.92. The highest BCUT2D eigenvalue weighted by atomic mass is 79.9. The van der Waals surface area contributed by atoms with Crippen molar-refractivity contribution in [3.8, 4) is 23.0 Å². The van der Waals surface area contributed by atoms with Crippen molar-refractivity contribution in [1.29, 1.82) is 0 Å². The molecule has 23 heavy (non-hydrogen) atoms. The highest BCUT2D eigenvalue weighted by Gasteiger charge is 2.41. The Kier molecular flexibility index (Phi) is 3.97. The van der Waals surface area contributed by atoms with Gasteiger partial charge in [-0.05, 0) is 15.9 Å². The lowest BCUT2D eigenvalue weighted by Crippen LogP contribution is -2.28. The first kappa shape index (κ1) is 15.7. The quantitative estimate of drug-likeness (QED) is 0.845. The molecule has 1 aromatic carbocycles. The number of amides is 1. The van der Waals surface area contributed by atoms with Gasteiger partial charge in [0.15, 0.2) is 23.3 Å². The molecule has 1 aromatic rings. The minimum atomic E-state index is -0.622. The van der Waals surface area contributed by atoms with Crippen LogP contribution in [0.4, 0.5) is 0 Å². The Bertz CT molecular complexity index is 705. The van der Waals surface area contributed by atoms with Gasteiger partial charge in [-0.25, -0.2) is 0 Å². The monoisotopic (exact) mass is 386 g/mol. The first-order valence-electron chi connectivity index (χ1n) is 6.77. The molecule has 0 fully saturated rings. The molecule has 8 nitrogen and oxygen atoms in total. The van der Waals surface area contributed by atoms with Gasteiger partial charge in [-0.2, -0.15) is 0 Å². The topological polar surface area (TPSA) is 102 Å². The fraction of sp³-hybridized carbons (Fsp3) is 0.429. The zero-order valence-corrected chi connectivity index (χ0v) is 14.3. The number of carbonyl (C=O) groups is 1. The van der Waals surface area contributed by atoms with E-state index in [4.69, 9.17) is 29.5 Å². The third kappa shape index (κ3) is 2.26. The maximum Gasteiger partial charge on any atom is 0.266 e. The Labute approximate surface area is 140 Å². The van der Waals surface area contributed by atoms with E-state index in [1.165, 1.54) is 14.2 Å². The van der Waals surface area contributed by atoms with Crippen LogP contribution in [0.15, 0.2) is 9.63 Å². The van der Waals surface area contributed by atoms with E-state index in [2.05, 4.69) is 21.1 Å². The van der Waals surface area contributed by atoms with Crippen molar-refractivity contribution in [3.05, 3.63) is 10.0 Å². The second kappa shape index (κ2) is 5.80. The minimum Gasteiger partial charge on any atom is -0.492 e. The zero-order valence-electron chi connectivity index (χ0n) is 12.7. The molecule has 0 saturated heterocycles. The molecule has 9 heteroatoms. The second-order valence-electron chi connectivity index (χ2n) is 5.01. The smallest absolute Gasteiger partial charge is 0.266 e. The molecule has 2 aliphatic rings. The predicted molar refractivity (Wildman–Crippen MR) is 83.0 cm³/mol. The number of oxime groups is 1. The van der Waals surface area contributed by atoms with Crippen LogP contribution in [-0.2, 0) is 9.63 Å². The molecular weight excluding hydrogens is 372 g/mol.